The summed E-state index contributed by atoms with van der Waals surface area (Å²) < 4.78 is 90.2. The highest BCUT2D eigenvalue weighted by Gasteiger charge is 2.53. The average Bonchev–Trinajstić information content (AvgIpc) is 3.11. The number of hydrogen-bond acceptors (Lipinski definition) is 4. The minimum atomic E-state index is -5.12. The summed E-state index contributed by atoms with van der Waals surface area (Å²) in [7, 11) is 3.06. The third kappa shape index (κ3) is 5.92. The lowest BCUT2D eigenvalue weighted by Crippen LogP contribution is -2.40. The molecule has 0 aliphatic carbocycles. The van der Waals surface area contributed by atoms with E-state index in [-0.39, 0.29) is 25.1 Å². The zero-order valence-electron chi connectivity index (χ0n) is 23.5. The minimum absolute atomic E-state index is 0.0969. The van der Waals surface area contributed by atoms with Crippen LogP contribution < -0.4 is 19.8 Å². The van der Waals surface area contributed by atoms with Crippen molar-refractivity contribution in [3.8, 4) is 11.5 Å². The van der Waals surface area contributed by atoms with E-state index in [2.05, 4.69) is 0 Å². The molecule has 1 aliphatic rings. The van der Waals surface area contributed by atoms with Crippen LogP contribution in [0.1, 0.15) is 44.4 Å². The van der Waals surface area contributed by atoms with Gasteiger partial charge in [0.2, 0.25) is 0 Å². The summed E-state index contributed by atoms with van der Waals surface area (Å²) in [5, 5.41) is 0. The first-order valence-corrected chi connectivity index (χ1v) is 12.9. The maximum atomic E-state index is 15.7. The number of hydrogen-bond donors (Lipinski definition) is 0. The van der Waals surface area contributed by atoms with Gasteiger partial charge in [0, 0.05) is 13.1 Å². The molecular weight excluding hydrogens is 528 g/mol. The molecule has 3 aromatic rings. The molecule has 3 aromatic carbocycles. The van der Waals surface area contributed by atoms with Crippen LogP contribution in [0, 0.1) is 17.0 Å². The molecule has 1 fully saturated rings. The van der Waals surface area contributed by atoms with Crippen molar-refractivity contribution in [2.45, 2.75) is 58.9 Å². The molecule has 0 saturated carbocycles. The van der Waals surface area contributed by atoms with Crippen LogP contribution in [0.5, 0.6) is 11.5 Å². The van der Waals surface area contributed by atoms with Gasteiger partial charge in [0.1, 0.15) is 11.5 Å². The largest absolute Gasteiger partial charge is 0.497 e. The molecule has 4 nitrogen and oxygen atoms in total. The molecule has 0 aromatic heterocycles. The maximum Gasteiger partial charge on any atom is 0.418 e. The summed E-state index contributed by atoms with van der Waals surface area (Å²) in [5.41, 5.74) is -2.13. The zero-order chi connectivity index (χ0) is 29.5. The molecule has 4 rings (SSSR count). The Morgan fingerprint density at radius 1 is 0.825 bits per heavy atom. The van der Waals surface area contributed by atoms with E-state index in [9.17, 15) is 13.2 Å². The molecule has 0 N–H and O–H groups in total. The predicted octanol–water partition coefficient (Wildman–Crippen LogP) is 7.24. The predicted molar refractivity (Wildman–Crippen MR) is 146 cm³/mol. The van der Waals surface area contributed by atoms with Gasteiger partial charge in [0.25, 0.3) is 0 Å². The van der Waals surface area contributed by atoms with Crippen molar-refractivity contribution in [2.24, 2.45) is 5.41 Å². The van der Waals surface area contributed by atoms with Crippen LogP contribution in [0.25, 0.3) is 0 Å². The molecule has 40 heavy (non-hydrogen) atoms. The second kappa shape index (κ2) is 11.0. The number of halogens is 5. The average molecular weight is 561 g/mol. The van der Waals surface area contributed by atoms with Crippen LogP contribution >= 0.6 is 0 Å². The lowest BCUT2D eigenvalue weighted by molar-refractivity contribution is -0.139. The lowest BCUT2D eigenvalue weighted by atomic mass is 9.53. The van der Waals surface area contributed by atoms with Gasteiger partial charge < -0.3 is 19.0 Å². The highest BCUT2D eigenvalue weighted by molar-refractivity contribution is 6.69. The molecule has 0 radical (unpaired) electrons. The first-order valence-electron chi connectivity index (χ1n) is 12.9. The number of rotatable bonds is 8. The molecule has 10 heteroatoms. The summed E-state index contributed by atoms with van der Waals surface area (Å²) in [6.45, 7) is 6.49. The van der Waals surface area contributed by atoms with E-state index in [1.54, 1.807) is 62.4 Å². The number of nitrogens with zero attached hydrogens (tertiary/aromatic N) is 1. The Hall–Kier alpha value is -3.27. The Labute approximate surface area is 232 Å². The van der Waals surface area contributed by atoms with Crippen LogP contribution in [-0.4, -0.2) is 26.7 Å². The van der Waals surface area contributed by atoms with Crippen molar-refractivity contribution < 1.29 is 36.1 Å². The van der Waals surface area contributed by atoms with Crippen molar-refractivity contribution in [3.05, 3.63) is 82.9 Å². The highest BCUT2D eigenvalue weighted by atomic mass is 19.4. The lowest BCUT2D eigenvalue weighted by Gasteiger charge is -2.34. The van der Waals surface area contributed by atoms with E-state index in [4.69, 9.17) is 14.1 Å². The summed E-state index contributed by atoms with van der Waals surface area (Å²) in [6, 6.07) is 15.1. The third-order valence-electron chi connectivity index (χ3n) is 8.02. The van der Waals surface area contributed by atoms with Gasteiger partial charge in [0.15, 0.2) is 11.6 Å². The molecule has 0 atom stereocenters. The van der Waals surface area contributed by atoms with Crippen molar-refractivity contribution in [1.29, 1.82) is 0 Å². The van der Waals surface area contributed by atoms with Crippen molar-refractivity contribution in [3.63, 3.8) is 0 Å². The third-order valence-corrected chi connectivity index (χ3v) is 8.02. The molecule has 1 aliphatic heterocycles. The number of anilines is 1. The van der Waals surface area contributed by atoms with Gasteiger partial charge in [-0.15, -0.1) is 0 Å². The van der Waals surface area contributed by atoms with Crippen molar-refractivity contribution in [2.75, 3.05) is 19.1 Å². The first-order chi connectivity index (χ1) is 18.7. The van der Waals surface area contributed by atoms with E-state index in [0.29, 0.717) is 11.5 Å². The molecular formula is C30H33BF5NO3. The Morgan fingerprint density at radius 3 is 1.68 bits per heavy atom. The molecule has 1 saturated heterocycles. The maximum absolute atomic E-state index is 15.7. The van der Waals surface area contributed by atoms with Gasteiger partial charge in [-0.2, -0.15) is 13.2 Å². The van der Waals surface area contributed by atoms with Crippen molar-refractivity contribution in [1.82, 2.24) is 0 Å². The van der Waals surface area contributed by atoms with Crippen LogP contribution in [0.15, 0.2) is 54.6 Å². The van der Waals surface area contributed by atoms with Crippen LogP contribution in [0.4, 0.5) is 27.6 Å². The van der Waals surface area contributed by atoms with Crippen LogP contribution in [0.2, 0.25) is 6.32 Å². The standard InChI is InChI=1S/C30H33BF5NO3/c1-28(2)18-31(40-29(28,3)4)23-15-24(26(32)27(33)25(23)30(34,35)36)37(16-19-7-11-21(38-5)12-8-19)17-20-9-13-22(39-6)14-10-20/h7-15H,16-18H2,1-6H3. The highest BCUT2D eigenvalue weighted by Crippen LogP contribution is 2.46. The fourth-order valence-electron chi connectivity index (χ4n) is 4.97. The molecule has 0 spiro atoms. The van der Waals surface area contributed by atoms with E-state index in [1.165, 1.54) is 19.1 Å². The number of ether oxygens (including phenoxy) is 2. The van der Waals surface area contributed by atoms with Gasteiger partial charge in [-0.3, -0.25) is 0 Å². The fraction of sp³-hybridized carbons (Fsp3) is 0.400. The number of alkyl halides is 3. The number of benzene rings is 3. The van der Waals surface area contributed by atoms with E-state index in [1.807, 2.05) is 13.8 Å². The normalized spacial score (nSPS) is 16.2. The molecule has 1 heterocycles. The SMILES string of the molecule is COc1ccc(CN(Cc2ccc(OC)cc2)c2cc(B3CC(C)(C)C(C)(C)O3)c(C(F)(F)F)c(F)c2F)cc1. The van der Waals surface area contributed by atoms with E-state index >= 15 is 8.78 Å². The number of methoxy groups -OCH3 is 2. The summed E-state index contributed by atoms with van der Waals surface area (Å²) in [6.07, 6.45) is -4.90. The van der Waals surface area contributed by atoms with Crippen molar-refractivity contribution >= 4 is 18.1 Å². The monoisotopic (exact) mass is 561 g/mol. The second-order valence-corrected chi connectivity index (χ2v) is 11.2. The molecule has 214 valence electrons. The van der Waals surface area contributed by atoms with E-state index < -0.39 is 46.8 Å². The molecule has 0 amide bonds. The summed E-state index contributed by atoms with van der Waals surface area (Å²) in [4.78, 5) is 1.52. The fourth-order valence-corrected chi connectivity index (χ4v) is 4.97. The Morgan fingerprint density at radius 2 is 1.30 bits per heavy atom. The molecule has 0 bridgehead atoms. The zero-order valence-corrected chi connectivity index (χ0v) is 23.5. The van der Waals surface area contributed by atoms with Gasteiger partial charge in [-0.25, -0.2) is 8.78 Å². The smallest absolute Gasteiger partial charge is 0.418 e. The molecule has 0 unspecified atom stereocenters. The van der Waals surface area contributed by atoms with Crippen LogP contribution in [-0.2, 0) is 23.9 Å². The Kier molecular flexibility index (Phi) is 8.14. The summed E-state index contributed by atoms with van der Waals surface area (Å²) >= 11 is 0. The quantitative estimate of drug-likeness (QED) is 0.214. The van der Waals surface area contributed by atoms with E-state index in [0.717, 1.165) is 17.2 Å². The summed E-state index contributed by atoms with van der Waals surface area (Å²) in [5.74, 6) is -2.26. The topological polar surface area (TPSA) is 30.9 Å². The second-order valence-electron chi connectivity index (χ2n) is 11.2. The van der Waals surface area contributed by atoms with Gasteiger partial charge >= 0.3 is 13.1 Å². The Bertz CT molecular complexity index is 1280. The Balaban J connectivity index is 1.85. The first kappa shape index (κ1) is 29.7. The minimum Gasteiger partial charge on any atom is -0.497 e. The van der Waals surface area contributed by atoms with Crippen LogP contribution in [0.3, 0.4) is 0 Å². The van der Waals surface area contributed by atoms with Gasteiger partial charge in [0.05, 0.1) is 31.1 Å². The van der Waals surface area contributed by atoms with Gasteiger partial charge in [-0.05, 0) is 72.5 Å². The van der Waals surface area contributed by atoms with Gasteiger partial charge in [-0.1, -0.05) is 38.1 Å².